The van der Waals surface area contributed by atoms with Gasteiger partial charge in [-0.1, -0.05) is 41.9 Å². The van der Waals surface area contributed by atoms with Crippen molar-refractivity contribution in [1.82, 2.24) is 0 Å². The molecular formula is C20H27ClO6SSi. The molecular weight excluding hydrogens is 432 g/mol. The molecule has 0 N–H and O–H groups in total. The van der Waals surface area contributed by atoms with Crippen molar-refractivity contribution >= 4 is 30.0 Å². The molecule has 0 saturated heterocycles. The Kier molecular flexibility index (Phi) is 8.13. The minimum Gasteiger partial charge on any atom is -0.493 e. The molecule has 0 heterocycles. The largest absolute Gasteiger partial charge is 0.493 e. The Hall–Kier alpha value is -1.58. The van der Waals surface area contributed by atoms with Crippen molar-refractivity contribution in [2.24, 2.45) is 0 Å². The third kappa shape index (κ3) is 7.98. The van der Waals surface area contributed by atoms with E-state index in [1.165, 1.54) is 7.11 Å². The molecule has 2 rings (SSSR count). The average molecular weight is 459 g/mol. The Morgan fingerprint density at radius 2 is 1.69 bits per heavy atom. The summed E-state index contributed by atoms with van der Waals surface area (Å²) in [5.74, 6) is 0.850. The summed E-state index contributed by atoms with van der Waals surface area (Å²) in [6.07, 6.45) is -0.628. The van der Waals surface area contributed by atoms with Crippen molar-refractivity contribution in [3.63, 3.8) is 0 Å². The van der Waals surface area contributed by atoms with Gasteiger partial charge in [0.05, 0.1) is 20.0 Å². The summed E-state index contributed by atoms with van der Waals surface area (Å²) < 4.78 is 46.9. The van der Waals surface area contributed by atoms with Gasteiger partial charge < -0.3 is 13.9 Å². The lowest BCUT2D eigenvalue weighted by Gasteiger charge is -2.30. The quantitative estimate of drug-likeness (QED) is 0.380. The minimum atomic E-state index is -3.76. The van der Waals surface area contributed by atoms with Crippen LogP contribution in [-0.4, -0.2) is 42.8 Å². The molecule has 0 saturated carbocycles. The van der Waals surface area contributed by atoms with E-state index in [1.807, 2.05) is 50.0 Å². The van der Waals surface area contributed by atoms with Gasteiger partial charge in [-0.25, -0.2) is 0 Å². The van der Waals surface area contributed by atoms with Gasteiger partial charge in [0.25, 0.3) is 10.1 Å². The number of hydrogen-bond acceptors (Lipinski definition) is 6. The average Bonchev–Trinajstić information content (AvgIpc) is 2.63. The second-order valence-corrected chi connectivity index (χ2v) is 14.1. The molecule has 0 unspecified atom stereocenters. The lowest BCUT2D eigenvalue weighted by molar-refractivity contribution is 0.0229. The Morgan fingerprint density at radius 1 is 1.03 bits per heavy atom. The molecule has 160 valence electrons. The fourth-order valence-corrected chi connectivity index (χ4v) is 4.03. The van der Waals surface area contributed by atoms with Gasteiger partial charge in [0.2, 0.25) is 0 Å². The summed E-state index contributed by atoms with van der Waals surface area (Å²) in [5.41, 5.74) is 0.748. The van der Waals surface area contributed by atoms with Crippen LogP contribution < -0.4 is 9.47 Å². The van der Waals surface area contributed by atoms with E-state index in [4.69, 9.17) is 29.7 Å². The van der Waals surface area contributed by atoms with Crippen LogP contribution in [-0.2, 0) is 18.7 Å². The van der Waals surface area contributed by atoms with Gasteiger partial charge in [0, 0.05) is 11.1 Å². The maximum atomic E-state index is 12.0. The first-order valence-corrected chi connectivity index (χ1v) is 14.7. The molecule has 2 atom stereocenters. The van der Waals surface area contributed by atoms with Gasteiger partial charge in [0.15, 0.2) is 25.9 Å². The molecule has 0 fully saturated rings. The predicted octanol–water partition coefficient (Wildman–Crippen LogP) is 4.67. The number of halogens is 1. The van der Waals surface area contributed by atoms with E-state index in [2.05, 4.69) is 0 Å². The van der Waals surface area contributed by atoms with Crippen molar-refractivity contribution in [2.45, 2.75) is 31.8 Å². The van der Waals surface area contributed by atoms with Crippen LogP contribution in [0.2, 0.25) is 24.7 Å². The molecule has 0 amide bonds. The number of benzene rings is 2. The molecule has 2 aromatic carbocycles. The standard InChI is InChI=1S/C20H27ClO6SSi/c1-24-18-13-16(21)11-12-17(18)26-20(15-9-7-6-8-10-15)19(27-28(2,22)23)14-25-29(3,4)5/h6-13,19-20H,14H2,1-5H3/t19-,20+/m1/s1. The van der Waals surface area contributed by atoms with Crippen molar-refractivity contribution in [2.75, 3.05) is 20.0 Å². The van der Waals surface area contributed by atoms with Crippen molar-refractivity contribution in [1.29, 1.82) is 0 Å². The highest BCUT2D eigenvalue weighted by molar-refractivity contribution is 7.86. The summed E-state index contributed by atoms with van der Waals surface area (Å²) in [7, 11) is -4.18. The summed E-state index contributed by atoms with van der Waals surface area (Å²) >= 11 is 6.04. The Morgan fingerprint density at radius 3 is 2.24 bits per heavy atom. The first kappa shape index (κ1) is 23.7. The first-order valence-electron chi connectivity index (χ1n) is 9.06. The van der Waals surface area contributed by atoms with Crippen LogP contribution in [0.4, 0.5) is 0 Å². The maximum absolute atomic E-state index is 12.0. The van der Waals surface area contributed by atoms with Crippen LogP contribution in [0.5, 0.6) is 11.5 Å². The molecule has 0 aliphatic rings. The van der Waals surface area contributed by atoms with Gasteiger partial charge in [-0.2, -0.15) is 8.42 Å². The van der Waals surface area contributed by atoms with Crippen LogP contribution in [0, 0.1) is 0 Å². The molecule has 0 aliphatic heterocycles. The van der Waals surface area contributed by atoms with E-state index in [0.717, 1.165) is 11.8 Å². The SMILES string of the molecule is COc1cc(Cl)ccc1O[C@@H](c1ccccc1)[C@@H](CO[Si](C)(C)C)OS(C)(=O)=O. The number of ether oxygens (including phenoxy) is 2. The summed E-state index contributed by atoms with van der Waals surface area (Å²) in [6, 6.07) is 14.2. The molecule has 0 aliphatic carbocycles. The smallest absolute Gasteiger partial charge is 0.264 e. The van der Waals surface area contributed by atoms with E-state index >= 15 is 0 Å². The molecule has 9 heteroatoms. The zero-order valence-electron chi connectivity index (χ0n) is 17.2. The van der Waals surface area contributed by atoms with Crippen LogP contribution in [0.15, 0.2) is 48.5 Å². The van der Waals surface area contributed by atoms with Crippen LogP contribution >= 0.6 is 11.6 Å². The zero-order valence-corrected chi connectivity index (χ0v) is 19.8. The summed E-state index contributed by atoms with van der Waals surface area (Å²) in [4.78, 5) is 0. The first-order chi connectivity index (χ1) is 13.5. The molecule has 0 bridgehead atoms. The zero-order chi connectivity index (χ0) is 21.7. The van der Waals surface area contributed by atoms with Gasteiger partial charge >= 0.3 is 0 Å². The lowest BCUT2D eigenvalue weighted by Crippen LogP contribution is -2.37. The summed E-state index contributed by atoms with van der Waals surface area (Å²) in [5, 5.41) is 0.497. The van der Waals surface area contributed by atoms with Crippen LogP contribution in [0.25, 0.3) is 0 Å². The normalized spacial score (nSPS) is 14.3. The van der Waals surface area contributed by atoms with Crippen LogP contribution in [0.3, 0.4) is 0 Å². The lowest BCUT2D eigenvalue weighted by atomic mass is 10.0. The van der Waals surface area contributed by atoms with E-state index in [0.29, 0.717) is 16.5 Å². The van der Waals surface area contributed by atoms with E-state index in [1.54, 1.807) is 18.2 Å². The number of methoxy groups -OCH3 is 1. The van der Waals surface area contributed by atoms with Crippen LogP contribution in [0.1, 0.15) is 11.7 Å². The van der Waals surface area contributed by atoms with E-state index in [-0.39, 0.29) is 6.61 Å². The van der Waals surface area contributed by atoms with Crippen molar-refractivity contribution in [3.05, 3.63) is 59.1 Å². The molecule has 0 aromatic heterocycles. The highest BCUT2D eigenvalue weighted by Gasteiger charge is 2.32. The molecule has 2 aromatic rings. The third-order valence-corrected chi connectivity index (χ3v) is 5.69. The second kappa shape index (κ2) is 9.95. The van der Waals surface area contributed by atoms with E-state index < -0.39 is 30.6 Å². The van der Waals surface area contributed by atoms with Crippen molar-refractivity contribution < 1.29 is 26.5 Å². The van der Waals surface area contributed by atoms with E-state index in [9.17, 15) is 8.42 Å². The van der Waals surface area contributed by atoms with Gasteiger partial charge in [-0.3, -0.25) is 4.18 Å². The number of hydrogen-bond donors (Lipinski definition) is 0. The molecule has 29 heavy (non-hydrogen) atoms. The Labute approximate surface area is 179 Å². The highest BCUT2D eigenvalue weighted by Crippen LogP contribution is 2.35. The molecule has 0 radical (unpaired) electrons. The topological polar surface area (TPSA) is 71.1 Å². The summed E-state index contributed by atoms with van der Waals surface area (Å²) in [6.45, 7) is 6.12. The van der Waals surface area contributed by atoms with Gasteiger partial charge in [-0.05, 0) is 37.3 Å². The fraction of sp³-hybridized carbons (Fsp3) is 0.400. The number of rotatable bonds is 10. The third-order valence-electron chi connectivity index (χ3n) is 3.82. The molecule has 0 spiro atoms. The van der Waals surface area contributed by atoms with Gasteiger partial charge in [0.1, 0.15) is 6.10 Å². The second-order valence-electron chi connectivity index (χ2n) is 7.51. The Balaban J connectivity index is 2.46. The maximum Gasteiger partial charge on any atom is 0.264 e. The molecule has 6 nitrogen and oxygen atoms in total. The van der Waals surface area contributed by atoms with Crippen molar-refractivity contribution in [3.8, 4) is 11.5 Å². The monoisotopic (exact) mass is 458 g/mol. The predicted molar refractivity (Wildman–Crippen MR) is 117 cm³/mol. The Bertz CT molecular complexity index is 899. The fourth-order valence-electron chi connectivity index (χ4n) is 2.60. The minimum absolute atomic E-state index is 0.0677. The highest BCUT2D eigenvalue weighted by atomic mass is 35.5. The van der Waals surface area contributed by atoms with Gasteiger partial charge in [-0.15, -0.1) is 0 Å².